The number of carbonyl (C=O) groups is 1. The van der Waals surface area contributed by atoms with Crippen LogP contribution in [-0.2, 0) is 11.3 Å². The van der Waals surface area contributed by atoms with E-state index in [1.165, 1.54) is 9.08 Å². The molecule has 0 amide bonds. The standard InChI is InChI=1S/C13H14N4O3/c1-2-6-15(10-12(18)19)8-9-17-13(20)16-7-4-3-5-11(16)14-17/h1,3-5,7H,6,8-10H2,(H,18,19). The van der Waals surface area contributed by atoms with Crippen molar-refractivity contribution in [2.75, 3.05) is 19.6 Å². The second-order valence-electron chi connectivity index (χ2n) is 4.24. The lowest BCUT2D eigenvalue weighted by Gasteiger charge is -2.16. The number of rotatable bonds is 6. The van der Waals surface area contributed by atoms with Crippen LogP contribution in [0.2, 0.25) is 0 Å². The van der Waals surface area contributed by atoms with Crippen LogP contribution in [0.25, 0.3) is 5.65 Å². The van der Waals surface area contributed by atoms with Gasteiger partial charge in [0.05, 0.1) is 19.6 Å². The summed E-state index contributed by atoms with van der Waals surface area (Å²) in [6.45, 7) is 0.691. The Kier molecular flexibility index (Phi) is 4.17. The van der Waals surface area contributed by atoms with Gasteiger partial charge >= 0.3 is 11.7 Å². The van der Waals surface area contributed by atoms with Gasteiger partial charge in [-0.3, -0.25) is 14.1 Å². The first kappa shape index (κ1) is 13.8. The van der Waals surface area contributed by atoms with Crippen LogP contribution in [0.1, 0.15) is 0 Å². The third-order valence-electron chi connectivity index (χ3n) is 2.79. The molecular weight excluding hydrogens is 260 g/mol. The van der Waals surface area contributed by atoms with Crippen molar-refractivity contribution in [1.82, 2.24) is 19.1 Å². The molecule has 2 aromatic rings. The molecule has 104 valence electrons. The number of fused-ring (bicyclic) bond motifs is 1. The highest BCUT2D eigenvalue weighted by Crippen LogP contribution is 1.96. The first-order valence-corrected chi connectivity index (χ1v) is 6.03. The molecule has 0 bridgehead atoms. The van der Waals surface area contributed by atoms with Crippen LogP contribution in [0.3, 0.4) is 0 Å². The molecule has 0 aliphatic rings. The molecule has 1 N–H and O–H groups in total. The number of hydrogen-bond donors (Lipinski definition) is 1. The van der Waals surface area contributed by atoms with Crippen molar-refractivity contribution in [2.45, 2.75) is 6.54 Å². The summed E-state index contributed by atoms with van der Waals surface area (Å²) in [6.07, 6.45) is 6.83. The minimum Gasteiger partial charge on any atom is -0.480 e. The second kappa shape index (κ2) is 6.04. The summed E-state index contributed by atoms with van der Waals surface area (Å²) in [5.74, 6) is 1.44. The monoisotopic (exact) mass is 274 g/mol. The molecule has 2 rings (SSSR count). The molecular formula is C13H14N4O3. The van der Waals surface area contributed by atoms with E-state index in [0.29, 0.717) is 12.2 Å². The average molecular weight is 274 g/mol. The van der Waals surface area contributed by atoms with Crippen molar-refractivity contribution in [1.29, 1.82) is 0 Å². The van der Waals surface area contributed by atoms with E-state index in [-0.39, 0.29) is 25.3 Å². The van der Waals surface area contributed by atoms with Crippen molar-refractivity contribution in [3.63, 3.8) is 0 Å². The molecule has 0 fully saturated rings. The van der Waals surface area contributed by atoms with E-state index < -0.39 is 5.97 Å². The van der Waals surface area contributed by atoms with Crippen molar-refractivity contribution in [2.24, 2.45) is 0 Å². The van der Waals surface area contributed by atoms with Gasteiger partial charge in [0.15, 0.2) is 5.65 Å². The van der Waals surface area contributed by atoms with E-state index in [1.54, 1.807) is 29.3 Å². The number of aliphatic carboxylic acids is 1. The number of pyridine rings is 1. The van der Waals surface area contributed by atoms with Crippen molar-refractivity contribution < 1.29 is 9.90 Å². The number of carboxylic acids is 1. The minimum absolute atomic E-state index is 0.160. The lowest BCUT2D eigenvalue weighted by atomic mass is 10.4. The molecule has 0 spiro atoms. The highest BCUT2D eigenvalue weighted by Gasteiger charge is 2.11. The maximum absolute atomic E-state index is 12.0. The molecule has 0 atom stereocenters. The van der Waals surface area contributed by atoms with E-state index in [9.17, 15) is 9.59 Å². The van der Waals surface area contributed by atoms with Gasteiger partial charge in [-0.25, -0.2) is 9.48 Å². The van der Waals surface area contributed by atoms with Gasteiger partial charge in [-0.2, -0.15) is 0 Å². The summed E-state index contributed by atoms with van der Waals surface area (Å²) in [6, 6.07) is 5.27. The van der Waals surface area contributed by atoms with Crippen molar-refractivity contribution >= 4 is 11.6 Å². The number of nitrogens with zero attached hydrogens (tertiary/aromatic N) is 4. The number of terminal acetylenes is 1. The van der Waals surface area contributed by atoms with Crippen LogP contribution in [0.5, 0.6) is 0 Å². The topological polar surface area (TPSA) is 79.8 Å². The first-order chi connectivity index (χ1) is 9.61. The Balaban J connectivity index is 2.12. The molecule has 0 aliphatic carbocycles. The second-order valence-corrected chi connectivity index (χ2v) is 4.24. The molecule has 20 heavy (non-hydrogen) atoms. The third kappa shape index (κ3) is 3.05. The van der Waals surface area contributed by atoms with E-state index in [1.807, 2.05) is 0 Å². The van der Waals surface area contributed by atoms with Gasteiger partial charge in [0.2, 0.25) is 0 Å². The number of carboxylic acid groups (broad SMARTS) is 1. The summed E-state index contributed by atoms with van der Waals surface area (Å²) in [5.41, 5.74) is 0.302. The van der Waals surface area contributed by atoms with Crippen LogP contribution in [0, 0.1) is 12.3 Å². The van der Waals surface area contributed by atoms with Gasteiger partial charge in [0, 0.05) is 12.7 Å². The summed E-state index contributed by atoms with van der Waals surface area (Å²) < 4.78 is 2.74. The highest BCUT2D eigenvalue weighted by molar-refractivity contribution is 5.69. The van der Waals surface area contributed by atoms with E-state index in [2.05, 4.69) is 11.0 Å². The van der Waals surface area contributed by atoms with Crippen LogP contribution in [0.4, 0.5) is 0 Å². The molecule has 0 radical (unpaired) electrons. The van der Waals surface area contributed by atoms with Gasteiger partial charge in [0.25, 0.3) is 0 Å². The summed E-state index contributed by atoms with van der Waals surface area (Å²) >= 11 is 0. The number of aromatic nitrogens is 3. The first-order valence-electron chi connectivity index (χ1n) is 6.03. The van der Waals surface area contributed by atoms with Gasteiger partial charge in [0.1, 0.15) is 0 Å². The molecule has 2 heterocycles. The normalized spacial score (nSPS) is 10.8. The highest BCUT2D eigenvalue weighted by atomic mass is 16.4. The van der Waals surface area contributed by atoms with Gasteiger partial charge in [-0.05, 0) is 12.1 Å². The van der Waals surface area contributed by atoms with Crippen LogP contribution >= 0.6 is 0 Å². The zero-order chi connectivity index (χ0) is 14.5. The minimum atomic E-state index is -0.956. The third-order valence-corrected chi connectivity index (χ3v) is 2.79. The molecule has 0 saturated heterocycles. The Morgan fingerprint density at radius 1 is 1.50 bits per heavy atom. The Morgan fingerprint density at radius 2 is 2.30 bits per heavy atom. The SMILES string of the molecule is C#CCN(CCn1nc2ccccn2c1=O)CC(=O)O. The molecule has 0 aromatic carbocycles. The Morgan fingerprint density at radius 3 is 2.95 bits per heavy atom. The van der Waals surface area contributed by atoms with E-state index in [4.69, 9.17) is 11.5 Å². The predicted molar refractivity (Wildman–Crippen MR) is 72.4 cm³/mol. The van der Waals surface area contributed by atoms with Crippen LogP contribution < -0.4 is 5.69 Å². The average Bonchev–Trinajstić information content (AvgIpc) is 2.73. The van der Waals surface area contributed by atoms with E-state index >= 15 is 0 Å². The fourth-order valence-corrected chi connectivity index (χ4v) is 1.88. The van der Waals surface area contributed by atoms with Crippen molar-refractivity contribution in [3.8, 4) is 12.3 Å². The number of hydrogen-bond acceptors (Lipinski definition) is 4. The van der Waals surface area contributed by atoms with E-state index in [0.717, 1.165) is 0 Å². The fourth-order valence-electron chi connectivity index (χ4n) is 1.88. The van der Waals surface area contributed by atoms with Gasteiger partial charge in [-0.15, -0.1) is 11.5 Å². The quantitative estimate of drug-likeness (QED) is 0.719. The molecule has 0 saturated carbocycles. The summed E-state index contributed by atoms with van der Waals surface area (Å²) in [4.78, 5) is 24.3. The zero-order valence-corrected chi connectivity index (χ0v) is 10.8. The fraction of sp³-hybridized carbons (Fsp3) is 0.308. The van der Waals surface area contributed by atoms with Gasteiger partial charge in [-0.1, -0.05) is 12.0 Å². The molecule has 7 heteroatoms. The van der Waals surface area contributed by atoms with Crippen molar-refractivity contribution in [3.05, 3.63) is 34.9 Å². The van der Waals surface area contributed by atoms with Crippen LogP contribution in [0.15, 0.2) is 29.2 Å². The zero-order valence-electron chi connectivity index (χ0n) is 10.8. The Labute approximate surface area is 115 Å². The van der Waals surface area contributed by atoms with Crippen LogP contribution in [-0.4, -0.2) is 49.8 Å². The lowest BCUT2D eigenvalue weighted by molar-refractivity contribution is -0.138. The molecule has 7 nitrogen and oxygen atoms in total. The summed E-state index contributed by atoms with van der Waals surface area (Å²) in [5, 5.41) is 12.9. The largest absolute Gasteiger partial charge is 0.480 e. The maximum Gasteiger partial charge on any atom is 0.350 e. The lowest BCUT2D eigenvalue weighted by Crippen LogP contribution is -2.35. The smallest absolute Gasteiger partial charge is 0.350 e. The molecule has 2 aromatic heterocycles. The Hall–Kier alpha value is -2.59. The maximum atomic E-state index is 12.0. The summed E-state index contributed by atoms with van der Waals surface area (Å²) in [7, 11) is 0. The predicted octanol–water partition coefficient (Wildman–Crippen LogP) is -0.484. The molecule has 0 aliphatic heterocycles. The van der Waals surface area contributed by atoms with Gasteiger partial charge < -0.3 is 5.11 Å². The Bertz CT molecular complexity index is 710. The molecule has 0 unspecified atom stereocenters.